The van der Waals surface area contributed by atoms with Gasteiger partial charge in [-0.1, -0.05) is 6.42 Å². The molecule has 0 aromatic heterocycles. The molecule has 4 heteroatoms. The molecular formula is C9H13NO3. The Hall–Kier alpha value is -0.900. The summed E-state index contributed by atoms with van der Waals surface area (Å²) in [7, 11) is 1.37. The lowest BCUT2D eigenvalue weighted by molar-refractivity contribution is -0.197. The molecule has 1 saturated heterocycles. The van der Waals surface area contributed by atoms with Crippen LogP contribution in [0, 0.1) is 11.8 Å². The van der Waals surface area contributed by atoms with Gasteiger partial charge in [-0.2, -0.15) is 5.06 Å². The highest BCUT2D eigenvalue weighted by Crippen LogP contribution is 2.38. The first-order valence-electron chi connectivity index (χ1n) is 4.65. The number of piperidine rings is 1. The first-order chi connectivity index (χ1) is 6.24. The molecule has 4 nitrogen and oxygen atoms in total. The van der Waals surface area contributed by atoms with Gasteiger partial charge in [0, 0.05) is 12.3 Å². The van der Waals surface area contributed by atoms with Crippen LogP contribution in [0.2, 0.25) is 0 Å². The minimum Gasteiger partial charge on any atom is -0.272 e. The number of rotatable bonds is 1. The first-order valence-corrected chi connectivity index (χ1v) is 4.65. The quantitative estimate of drug-likeness (QED) is 0.563. The van der Waals surface area contributed by atoms with Gasteiger partial charge in [-0.15, -0.1) is 0 Å². The molecular weight excluding hydrogens is 170 g/mol. The summed E-state index contributed by atoms with van der Waals surface area (Å²) < 4.78 is 0. The number of carbonyl (C=O) groups excluding carboxylic acids is 2. The fourth-order valence-corrected chi connectivity index (χ4v) is 2.38. The molecule has 0 aromatic carbocycles. The number of imide groups is 1. The number of fused-ring (bicyclic) bond motifs is 1. The summed E-state index contributed by atoms with van der Waals surface area (Å²) in [6.07, 6.45) is 3.46. The number of hydrogen-bond acceptors (Lipinski definition) is 3. The molecule has 2 fully saturated rings. The zero-order chi connectivity index (χ0) is 9.42. The lowest BCUT2D eigenvalue weighted by Gasteiger charge is -2.30. The van der Waals surface area contributed by atoms with Gasteiger partial charge in [0.05, 0.1) is 7.11 Å². The second-order valence-electron chi connectivity index (χ2n) is 3.71. The summed E-state index contributed by atoms with van der Waals surface area (Å²) in [5.74, 6) is 0.000880. The van der Waals surface area contributed by atoms with Crippen LogP contribution in [-0.4, -0.2) is 24.0 Å². The normalized spacial score (nSPS) is 33.8. The molecule has 1 aliphatic heterocycles. The maximum Gasteiger partial charge on any atom is 0.256 e. The second kappa shape index (κ2) is 3.10. The van der Waals surface area contributed by atoms with Gasteiger partial charge in [-0.25, -0.2) is 0 Å². The number of nitrogens with zero attached hydrogens (tertiary/aromatic N) is 1. The molecule has 2 aliphatic rings. The van der Waals surface area contributed by atoms with Crippen molar-refractivity contribution in [3.05, 3.63) is 0 Å². The largest absolute Gasteiger partial charge is 0.272 e. The third kappa shape index (κ3) is 1.25. The van der Waals surface area contributed by atoms with Crippen LogP contribution in [0.5, 0.6) is 0 Å². The standard InChI is InChI=1S/C9H13NO3/c1-13-10-8(11)5-6-3-2-4-7(6)9(10)12/h6-7H,2-5H2,1H3. The SMILES string of the molecule is CON1C(=O)CC2CCCC2C1=O. The molecule has 2 rings (SSSR count). The molecule has 0 radical (unpaired) electrons. The topological polar surface area (TPSA) is 46.6 Å². The van der Waals surface area contributed by atoms with Crippen molar-refractivity contribution in [2.24, 2.45) is 11.8 Å². The van der Waals surface area contributed by atoms with E-state index in [4.69, 9.17) is 4.84 Å². The number of hydrogen-bond donors (Lipinski definition) is 0. The van der Waals surface area contributed by atoms with E-state index in [9.17, 15) is 9.59 Å². The molecule has 1 aliphatic carbocycles. The Kier molecular flexibility index (Phi) is 2.07. The number of hydroxylamine groups is 2. The number of carbonyl (C=O) groups is 2. The van der Waals surface area contributed by atoms with Crippen LogP contribution in [0.4, 0.5) is 0 Å². The smallest absolute Gasteiger partial charge is 0.256 e. The van der Waals surface area contributed by atoms with Gasteiger partial charge in [-0.05, 0) is 18.8 Å². The van der Waals surface area contributed by atoms with Gasteiger partial charge in [-0.3, -0.25) is 14.4 Å². The minimum absolute atomic E-state index is 0.0395. The van der Waals surface area contributed by atoms with Gasteiger partial charge >= 0.3 is 0 Å². The highest BCUT2D eigenvalue weighted by Gasteiger charge is 2.44. The van der Waals surface area contributed by atoms with Gasteiger partial charge in [0.2, 0.25) is 0 Å². The zero-order valence-electron chi connectivity index (χ0n) is 7.66. The van der Waals surface area contributed by atoms with E-state index in [0.29, 0.717) is 6.42 Å². The van der Waals surface area contributed by atoms with Gasteiger partial charge < -0.3 is 0 Å². The maximum absolute atomic E-state index is 11.6. The fraction of sp³-hybridized carbons (Fsp3) is 0.778. The Labute approximate surface area is 76.8 Å². The van der Waals surface area contributed by atoms with E-state index in [-0.39, 0.29) is 23.7 Å². The third-order valence-corrected chi connectivity index (χ3v) is 3.02. The van der Waals surface area contributed by atoms with Gasteiger partial charge in [0.25, 0.3) is 11.8 Å². The molecule has 13 heavy (non-hydrogen) atoms. The maximum atomic E-state index is 11.6. The van der Waals surface area contributed by atoms with Crippen molar-refractivity contribution in [3.8, 4) is 0 Å². The zero-order valence-corrected chi connectivity index (χ0v) is 7.66. The van der Waals surface area contributed by atoms with Gasteiger partial charge in [0.1, 0.15) is 0 Å². The predicted octanol–water partition coefficient (Wildman–Crippen LogP) is 0.723. The van der Waals surface area contributed by atoms with Crippen molar-refractivity contribution in [2.45, 2.75) is 25.7 Å². The molecule has 0 aromatic rings. The van der Waals surface area contributed by atoms with E-state index >= 15 is 0 Å². The van der Waals surface area contributed by atoms with Crippen LogP contribution in [0.3, 0.4) is 0 Å². The van der Waals surface area contributed by atoms with Crippen molar-refractivity contribution in [2.75, 3.05) is 7.11 Å². The average molecular weight is 183 g/mol. The van der Waals surface area contributed by atoms with Gasteiger partial charge in [0.15, 0.2) is 0 Å². The Morgan fingerprint density at radius 3 is 2.85 bits per heavy atom. The highest BCUT2D eigenvalue weighted by molar-refractivity contribution is 5.98. The minimum atomic E-state index is -0.185. The summed E-state index contributed by atoms with van der Waals surface area (Å²) in [6, 6.07) is 0. The summed E-state index contributed by atoms with van der Waals surface area (Å²) in [6.45, 7) is 0. The van der Waals surface area contributed by atoms with Crippen LogP contribution in [0.25, 0.3) is 0 Å². The molecule has 2 amide bonds. The molecule has 2 unspecified atom stereocenters. The molecule has 1 saturated carbocycles. The summed E-state index contributed by atoms with van der Waals surface area (Å²) in [4.78, 5) is 27.7. The Morgan fingerprint density at radius 1 is 1.38 bits per heavy atom. The van der Waals surface area contributed by atoms with E-state index < -0.39 is 0 Å². The average Bonchev–Trinajstić information content (AvgIpc) is 2.53. The molecule has 0 spiro atoms. The van der Waals surface area contributed by atoms with Crippen LogP contribution in [0.1, 0.15) is 25.7 Å². The van der Waals surface area contributed by atoms with Crippen LogP contribution in [-0.2, 0) is 14.4 Å². The van der Waals surface area contributed by atoms with E-state index in [1.807, 2.05) is 0 Å². The highest BCUT2D eigenvalue weighted by atomic mass is 16.7. The predicted molar refractivity (Wildman–Crippen MR) is 44.3 cm³/mol. The molecule has 2 atom stereocenters. The molecule has 0 N–H and O–H groups in total. The van der Waals surface area contributed by atoms with E-state index in [2.05, 4.69) is 0 Å². The summed E-state index contributed by atoms with van der Waals surface area (Å²) >= 11 is 0. The van der Waals surface area contributed by atoms with Crippen LogP contribution in [0.15, 0.2) is 0 Å². The summed E-state index contributed by atoms with van der Waals surface area (Å²) in [5.41, 5.74) is 0. The van der Waals surface area contributed by atoms with E-state index in [0.717, 1.165) is 24.3 Å². The van der Waals surface area contributed by atoms with Crippen molar-refractivity contribution in [3.63, 3.8) is 0 Å². The van der Waals surface area contributed by atoms with E-state index in [1.54, 1.807) is 0 Å². The Balaban J connectivity index is 2.19. The molecule has 1 heterocycles. The second-order valence-corrected chi connectivity index (χ2v) is 3.71. The Bertz CT molecular complexity index is 251. The fourth-order valence-electron chi connectivity index (χ4n) is 2.38. The van der Waals surface area contributed by atoms with Crippen molar-refractivity contribution >= 4 is 11.8 Å². The van der Waals surface area contributed by atoms with Crippen molar-refractivity contribution in [1.82, 2.24) is 5.06 Å². The van der Waals surface area contributed by atoms with Crippen LogP contribution < -0.4 is 0 Å². The third-order valence-electron chi connectivity index (χ3n) is 3.02. The molecule has 72 valence electrons. The number of amides is 2. The monoisotopic (exact) mass is 183 g/mol. The van der Waals surface area contributed by atoms with Crippen LogP contribution >= 0.6 is 0 Å². The first kappa shape index (κ1) is 8.69. The lowest BCUT2D eigenvalue weighted by atomic mass is 9.88. The summed E-state index contributed by atoms with van der Waals surface area (Å²) in [5, 5.41) is 0.923. The van der Waals surface area contributed by atoms with Crippen molar-refractivity contribution < 1.29 is 14.4 Å². The molecule has 0 bridgehead atoms. The lowest BCUT2D eigenvalue weighted by Crippen LogP contribution is -2.46. The Morgan fingerprint density at radius 2 is 2.15 bits per heavy atom. The van der Waals surface area contributed by atoms with E-state index in [1.165, 1.54) is 7.11 Å². The van der Waals surface area contributed by atoms with Crippen molar-refractivity contribution in [1.29, 1.82) is 0 Å².